The van der Waals surface area contributed by atoms with Gasteiger partial charge in [-0.3, -0.25) is 9.89 Å². The SMILES string of the molecule is CCCc1nc(C(=O)NCCc2ccc(Cl)cc2)n[nH]1. The predicted octanol–water partition coefficient (Wildman–Crippen LogP) is 2.38. The Morgan fingerprint density at radius 3 is 2.75 bits per heavy atom. The molecule has 0 fully saturated rings. The van der Waals surface area contributed by atoms with Crippen LogP contribution in [0, 0.1) is 0 Å². The third-order valence-electron chi connectivity index (χ3n) is 2.83. The van der Waals surface area contributed by atoms with Crippen LogP contribution in [0.25, 0.3) is 0 Å². The molecule has 0 saturated heterocycles. The quantitative estimate of drug-likeness (QED) is 0.859. The monoisotopic (exact) mass is 292 g/mol. The maximum absolute atomic E-state index is 11.8. The highest BCUT2D eigenvalue weighted by Crippen LogP contribution is 2.09. The van der Waals surface area contributed by atoms with Crippen molar-refractivity contribution >= 4 is 17.5 Å². The highest BCUT2D eigenvalue weighted by atomic mass is 35.5. The molecular weight excluding hydrogens is 276 g/mol. The van der Waals surface area contributed by atoms with E-state index >= 15 is 0 Å². The molecule has 0 aliphatic heterocycles. The van der Waals surface area contributed by atoms with E-state index in [1.54, 1.807) is 0 Å². The molecule has 0 aliphatic carbocycles. The van der Waals surface area contributed by atoms with Crippen molar-refractivity contribution in [3.05, 3.63) is 46.5 Å². The van der Waals surface area contributed by atoms with Gasteiger partial charge in [0, 0.05) is 18.0 Å². The summed E-state index contributed by atoms with van der Waals surface area (Å²) in [5, 5.41) is 10.2. The van der Waals surface area contributed by atoms with Crippen LogP contribution in [0.2, 0.25) is 5.02 Å². The van der Waals surface area contributed by atoms with Gasteiger partial charge in [0.05, 0.1) is 0 Å². The van der Waals surface area contributed by atoms with Gasteiger partial charge in [-0.25, -0.2) is 4.98 Å². The average molecular weight is 293 g/mol. The number of aromatic nitrogens is 3. The fourth-order valence-corrected chi connectivity index (χ4v) is 1.92. The average Bonchev–Trinajstić information content (AvgIpc) is 2.90. The van der Waals surface area contributed by atoms with E-state index in [0.29, 0.717) is 11.6 Å². The minimum atomic E-state index is -0.252. The van der Waals surface area contributed by atoms with Crippen LogP contribution in [0.5, 0.6) is 0 Å². The molecule has 0 aliphatic rings. The molecule has 0 saturated carbocycles. The Bertz CT molecular complexity index is 565. The van der Waals surface area contributed by atoms with E-state index in [2.05, 4.69) is 20.5 Å². The first-order valence-electron chi connectivity index (χ1n) is 6.63. The van der Waals surface area contributed by atoms with E-state index in [1.165, 1.54) is 0 Å². The van der Waals surface area contributed by atoms with Crippen molar-refractivity contribution in [2.75, 3.05) is 6.54 Å². The van der Waals surface area contributed by atoms with Crippen LogP contribution in [-0.4, -0.2) is 27.6 Å². The van der Waals surface area contributed by atoms with E-state index in [1.807, 2.05) is 31.2 Å². The number of H-pyrrole nitrogens is 1. The summed E-state index contributed by atoms with van der Waals surface area (Å²) in [7, 11) is 0. The molecule has 2 aromatic rings. The summed E-state index contributed by atoms with van der Waals surface area (Å²) in [4.78, 5) is 16.0. The molecule has 0 radical (unpaired) electrons. The zero-order chi connectivity index (χ0) is 14.4. The first-order valence-corrected chi connectivity index (χ1v) is 7.00. The van der Waals surface area contributed by atoms with E-state index in [0.717, 1.165) is 30.7 Å². The molecule has 6 heteroatoms. The zero-order valence-corrected chi connectivity index (χ0v) is 12.1. The number of nitrogens with one attached hydrogen (secondary N) is 2. The second kappa shape index (κ2) is 7.05. The normalized spacial score (nSPS) is 10.5. The van der Waals surface area contributed by atoms with Gasteiger partial charge in [-0.2, -0.15) is 0 Å². The number of carbonyl (C=O) groups is 1. The molecule has 0 bridgehead atoms. The van der Waals surface area contributed by atoms with Gasteiger partial charge < -0.3 is 5.32 Å². The first kappa shape index (κ1) is 14.5. The van der Waals surface area contributed by atoms with Crippen LogP contribution in [0.3, 0.4) is 0 Å². The number of nitrogens with zero attached hydrogens (tertiary/aromatic N) is 2. The molecule has 2 rings (SSSR count). The van der Waals surface area contributed by atoms with Gasteiger partial charge >= 0.3 is 0 Å². The van der Waals surface area contributed by atoms with Crippen molar-refractivity contribution in [2.45, 2.75) is 26.2 Å². The zero-order valence-electron chi connectivity index (χ0n) is 11.3. The smallest absolute Gasteiger partial charge is 0.290 e. The highest BCUT2D eigenvalue weighted by molar-refractivity contribution is 6.30. The molecular formula is C14H17ClN4O. The Kier molecular flexibility index (Phi) is 5.12. The summed E-state index contributed by atoms with van der Waals surface area (Å²) in [6, 6.07) is 7.57. The van der Waals surface area contributed by atoms with Gasteiger partial charge in [0.2, 0.25) is 5.82 Å². The number of hydrogen-bond donors (Lipinski definition) is 2. The van der Waals surface area contributed by atoms with Crippen molar-refractivity contribution in [2.24, 2.45) is 0 Å². The van der Waals surface area contributed by atoms with E-state index < -0.39 is 0 Å². The van der Waals surface area contributed by atoms with Crippen molar-refractivity contribution in [3.8, 4) is 0 Å². The molecule has 1 heterocycles. The van der Waals surface area contributed by atoms with Crippen LogP contribution >= 0.6 is 11.6 Å². The van der Waals surface area contributed by atoms with Crippen LogP contribution in [-0.2, 0) is 12.8 Å². The summed E-state index contributed by atoms with van der Waals surface area (Å²) in [6.07, 6.45) is 2.51. The molecule has 1 amide bonds. The molecule has 0 spiro atoms. The lowest BCUT2D eigenvalue weighted by Gasteiger charge is -2.03. The van der Waals surface area contributed by atoms with Gasteiger partial charge in [-0.15, -0.1) is 5.10 Å². The number of amides is 1. The number of rotatable bonds is 6. The van der Waals surface area contributed by atoms with Crippen molar-refractivity contribution in [1.29, 1.82) is 0 Å². The van der Waals surface area contributed by atoms with Gasteiger partial charge in [0.25, 0.3) is 5.91 Å². The van der Waals surface area contributed by atoms with Crippen molar-refractivity contribution in [1.82, 2.24) is 20.5 Å². The number of halogens is 1. The molecule has 0 atom stereocenters. The maximum atomic E-state index is 11.8. The van der Waals surface area contributed by atoms with Crippen molar-refractivity contribution < 1.29 is 4.79 Å². The molecule has 106 valence electrons. The Labute approximate surface area is 122 Å². The summed E-state index contributed by atoms with van der Waals surface area (Å²) < 4.78 is 0. The fourth-order valence-electron chi connectivity index (χ4n) is 1.80. The number of hydrogen-bond acceptors (Lipinski definition) is 3. The standard InChI is InChI=1S/C14H17ClN4O/c1-2-3-12-17-13(19-18-12)14(20)16-9-8-10-4-6-11(15)7-5-10/h4-7H,2-3,8-9H2,1H3,(H,16,20)(H,17,18,19). The van der Waals surface area contributed by atoms with Gasteiger partial charge in [-0.05, 0) is 30.5 Å². The van der Waals surface area contributed by atoms with E-state index in [9.17, 15) is 4.79 Å². The van der Waals surface area contributed by atoms with Gasteiger partial charge in [0.15, 0.2) is 0 Å². The summed E-state index contributed by atoms with van der Waals surface area (Å²) in [5.41, 5.74) is 1.12. The van der Waals surface area contributed by atoms with Crippen LogP contribution in [0.4, 0.5) is 0 Å². The number of aromatic amines is 1. The number of benzene rings is 1. The summed E-state index contributed by atoms with van der Waals surface area (Å²) >= 11 is 5.81. The van der Waals surface area contributed by atoms with E-state index in [-0.39, 0.29) is 11.7 Å². The lowest BCUT2D eigenvalue weighted by molar-refractivity contribution is 0.0944. The fraction of sp³-hybridized carbons (Fsp3) is 0.357. The lowest BCUT2D eigenvalue weighted by atomic mass is 10.1. The number of carbonyl (C=O) groups excluding carboxylic acids is 1. The molecule has 5 nitrogen and oxygen atoms in total. The van der Waals surface area contributed by atoms with Crippen LogP contribution in [0.15, 0.2) is 24.3 Å². The summed E-state index contributed by atoms with van der Waals surface area (Å²) in [6.45, 7) is 2.59. The maximum Gasteiger partial charge on any atom is 0.290 e. The largest absolute Gasteiger partial charge is 0.349 e. The van der Waals surface area contributed by atoms with Crippen molar-refractivity contribution in [3.63, 3.8) is 0 Å². The molecule has 2 N–H and O–H groups in total. The minimum Gasteiger partial charge on any atom is -0.349 e. The van der Waals surface area contributed by atoms with Crippen LogP contribution < -0.4 is 5.32 Å². The predicted molar refractivity (Wildman–Crippen MR) is 77.9 cm³/mol. The molecule has 1 aromatic carbocycles. The third kappa shape index (κ3) is 4.06. The molecule has 0 unspecified atom stereocenters. The third-order valence-corrected chi connectivity index (χ3v) is 3.09. The second-order valence-corrected chi connectivity index (χ2v) is 4.92. The van der Waals surface area contributed by atoms with Gasteiger partial charge in [0.1, 0.15) is 5.82 Å². The lowest BCUT2D eigenvalue weighted by Crippen LogP contribution is -2.26. The van der Waals surface area contributed by atoms with E-state index in [4.69, 9.17) is 11.6 Å². The summed E-state index contributed by atoms with van der Waals surface area (Å²) in [5.74, 6) is 0.692. The Hall–Kier alpha value is -1.88. The topological polar surface area (TPSA) is 70.7 Å². The minimum absolute atomic E-state index is 0.199. The van der Waals surface area contributed by atoms with Crippen LogP contribution in [0.1, 0.15) is 35.4 Å². The highest BCUT2D eigenvalue weighted by Gasteiger charge is 2.11. The first-order chi connectivity index (χ1) is 9.69. The molecule has 20 heavy (non-hydrogen) atoms. The Morgan fingerprint density at radius 2 is 2.05 bits per heavy atom. The number of aryl methyl sites for hydroxylation is 1. The molecule has 1 aromatic heterocycles. The second-order valence-electron chi connectivity index (χ2n) is 4.49. The Morgan fingerprint density at radius 1 is 1.30 bits per heavy atom. The van der Waals surface area contributed by atoms with Gasteiger partial charge in [-0.1, -0.05) is 30.7 Å². The Balaban J connectivity index is 1.81.